The third kappa shape index (κ3) is 3.74. The number of halogens is 1. The molecule has 2 aromatic heterocycles. The number of hydrogen-bond acceptors (Lipinski definition) is 6. The average molecular weight is 413 g/mol. The molecule has 0 unspecified atom stereocenters. The van der Waals surface area contributed by atoms with Gasteiger partial charge in [-0.3, -0.25) is 0 Å². The first-order chi connectivity index (χ1) is 14.6. The predicted molar refractivity (Wildman–Crippen MR) is 112 cm³/mol. The van der Waals surface area contributed by atoms with Gasteiger partial charge >= 0.3 is 0 Å². The molecule has 30 heavy (non-hydrogen) atoms. The van der Waals surface area contributed by atoms with Gasteiger partial charge in [0.05, 0.1) is 5.69 Å². The van der Waals surface area contributed by atoms with E-state index in [1.807, 2.05) is 19.9 Å². The smallest absolute Gasteiger partial charge is 0.291 e. The molecule has 5 rings (SSSR count). The molecular weight excluding hydrogens is 383 g/mol. The third-order valence-corrected chi connectivity index (χ3v) is 6.35. The van der Waals surface area contributed by atoms with Crippen LogP contribution in [0.15, 0.2) is 22.7 Å². The minimum Gasteiger partial charge on any atom is -0.337 e. The number of rotatable bonds is 6. The number of likely N-dealkylation sites (tertiary alicyclic amines) is 1. The molecule has 0 radical (unpaired) electrons. The van der Waals surface area contributed by atoms with Gasteiger partial charge in [0.25, 0.3) is 5.95 Å². The second-order valence-electron chi connectivity index (χ2n) is 8.99. The van der Waals surface area contributed by atoms with Crippen molar-refractivity contribution in [1.29, 1.82) is 0 Å². The molecule has 0 saturated carbocycles. The Morgan fingerprint density at radius 3 is 3.00 bits per heavy atom. The zero-order valence-electron chi connectivity index (χ0n) is 17.6. The molecule has 0 spiro atoms. The summed E-state index contributed by atoms with van der Waals surface area (Å²) < 4.78 is 21.6. The Balaban J connectivity index is 1.32. The van der Waals surface area contributed by atoms with Gasteiger partial charge < -0.3 is 14.7 Å². The number of hydrogen-bond donors (Lipinski definition) is 1. The van der Waals surface area contributed by atoms with Crippen LogP contribution in [-0.4, -0.2) is 57.0 Å². The van der Waals surface area contributed by atoms with E-state index in [2.05, 4.69) is 25.5 Å². The highest BCUT2D eigenvalue weighted by Gasteiger charge is 2.28. The van der Waals surface area contributed by atoms with Gasteiger partial charge in [-0.1, -0.05) is 26.0 Å². The highest BCUT2D eigenvalue weighted by atomic mass is 19.1. The second kappa shape index (κ2) is 8.07. The summed E-state index contributed by atoms with van der Waals surface area (Å²) in [7, 11) is 0. The normalized spacial score (nSPS) is 22.7. The fourth-order valence-corrected chi connectivity index (χ4v) is 4.85. The first-order valence-corrected chi connectivity index (χ1v) is 11.0. The topological polar surface area (TPSA) is 72.0 Å². The van der Waals surface area contributed by atoms with Crippen molar-refractivity contribution in [3.63, 3.8) is 0 Å². The van der Waals surface area contributed by atoms with Gasteiger partial charge in [-0.2, -0.15) is 14.8 Å². The Morgan fingerprint density at radius 1 is 1.30 bits per heavy atom. The van der Waals surface area contributed by atoms with Crippen molar-refractivity contribution in [3.05, 3.63) is 35.6 Å². The molecule has 1 N–H and O–H groups in total. The molecule has 160 valence electrons. The number of aromatic nitrogens is 4. The molecule has 4 heterocycles. The van der Waals surface area contributed by atoms with Gasteiger partial charge in [-0.25, -0.2) is 4.39 Å². The zero-order valence-corrected chi connectivity index (χ0v) is 17.6. The van der Waals surface area contributed by atoms with Crippen LogP contribution in [0.4, 0.5) is 4.39 Å². The SMILES string of the molecule is CC(C)c1nn(-c2noc(C[C@@H]3CCN(C[C@H]4CCCN4)C3)n2)c2c(F)cccc12. The maximum atomic E-state index is 14.6. The maximum Gasteiger partial charge on any atom is 0.291 e. The minimum absolute atomic E-state index is 0.167. The summed E-state index contributed by atoms with van der Waals surface area (Å²) >= 11 is 0. The van der Waals surface area contributed by atoms with Crippen LogP contribution in [0, 0.1) is 11.7 Å². The minimum atomic E-state index is -0.329. The van der Waals surface area contributed by atoms with E-state index < -0.39 is 0 Å². The van der Waals surface area contributed by atoms with Crippen LogP contribution in [0.3, 0.4) is 0 Å². The van der Waals surface area contributed by atoms with Crippen molar-refractivity contribution in [2.75, 3.05) is 26.2 Å². The third-order valence-electron chi connectivity index (χ3n) is 6.35. The Bertz CT molecular complexity index is 1020. The lowest BCUT2D eigenvalue weighted by atomic mass is 10.1. The molecule has 1 aromatic carbocycles. The maximum absolute atomic E-state index is 14.6. The largest absolute Gasteiger partial charge is 0.337 e. The Hall–Kier alpha value is -2.32. The second-order valence-corrected chi connectivity index (χ2v) is 8.99. The Kier molecular flexibility index (Phi) is 5.28. The molecule has 0 bridgehead atoms. The van der Waals surface area contributed by atoms with Gasteiger partial charge in [0.2, 0.25) is 5.89 Å². The van der Waals surface area contributed by atoms with Crippen molar-refractivity contribution in [2.24, 2.45) is 5.92 Å². The van der Waals surface area contributed by atoms with Gasteiger partial charge in [-0.15, -0.1) is 0 Å². The predicted octanol–water partition coefficient (Wildman–Crippen LogP) is 3.29. The van der Waals surface area contributed by atoms with Gasteiger partial charge in [0.15, 0.2) is 0 Å². The van der Waals surface area contributed by atoms with Gasteiger partial charge in [0.1, 0.15) is 11.3 Å². The van der Waals surface area contributed by atoms with E-state index in [9.17, 15) is 4.39 Å². The summed E-state index contributed by atoms with van der Waals surface area (Å²) in [5.41, 5.74) is 1.24. The first-order valence-electron chi connectivity index (χ1n) is 11.0. The average Bonchev–Trinajstić information content (AvgIpc) is 3.49. The summed E-state index contributed by atoms with van der Waals surface area (Å²) in [6, 6.07) is 5.68. The number of benzene rings is 1. The Morgan fingerprint density at radius 2 is 2.20 bits per heavy atom. The fraction of sp³-hybridized carbons (Fsp3) is 0.591. The molecule has 3 aromatic rings. The molecule has 8 heteroatoms. The van der Waals surface area contributed by atoms with E-state index in [0.717, 1.165) is 50.1 Å². The highest BCUT2D eigenvalue weighted by molar-refractivity contribution is 5.84. The van der Waals surface area contributed by atoms with E-state index in [0.29, 0.717) is 29.3 Å². The first kappa shape index (κ1) is 19.6. The van der Waals surface area contributed by atoms with Gasteiger partial charge in [-0.05, 0) is 55.4 Å². The van der Waals surface area contributed by atoms with Crippen molar-refractivity contribution in [2.45, 2.75) is 51.5 Å². The van der Waals surface area contributed by atoms with Crippen molar-refractivity contribution >= 4 is 10.9 Å². The van der Waals surface area contributed by atoms with Crippen molar-refractivity contribution in [1.82, 2.24) is 30.1 Å². The number of nitrogens with one attached hydrogen (secondary N) is 1. The van der Waals surface area contributed by atoms with Crippen LogP contribution in [-0.2, 0) is 6.42 Å². The summed E-state index contributed by atoms with van der Waals surface area (Å²) in [5.74, 6) is 1.25. The van der Waals surface area contributed by atoms with E-state index in [4.69, 9.17) is 4.52 Å². The van der Waals surface area contributed by atoms with E-state index >= 15 is 0 Å². The number of nitrogens with zero attached hydrogens (tertiary/aromatic N) is 5. The summed E-state index contributed by atoms with van der Waals surface area (Å²) in [6.45, 7) is 8.55. The Labute approximate surface area is 175 Å². The van der Waals surface area contributed by atoms with Crippen molar-refractivity contribution < 1.29 is 8.91 Å². The summed E-state index contributed by atoms with van der Waals surface area (Å²) in [6.07, 6.45) is 4.45. The molecule has 2 saturated heterocycles. The molecule has 7 nitrogen and oxygen atoms in total. The quantitative estimate of drug-likeness (QED) is 0.670. The molecular formula is C22H29FN6O. The number of para-hydroxylation sites is 1. The lowest BCUT2D eigenvalue weighted by Gasteiger charge is -2.20. The van der Waals surface area contributed by atoms with E-state index in [1.54, 1.807) is 6.07 Å². The van der Waals surface area contributed by atoms with Crippen LogP contribution in [0.5, 0.6) is 0 Å². The fourth-order valence-electron chi connectivity index (χ4n) is 4.85. The highest BCUT2D eigenvalue weighted by Crippen LogP contribution is 2.28. The van der Waals surface area contributed by atoms with Crippen LogP contribution in [0.1, 0.15) is 50.6 Å². The van der Waals surface area contributed by atoms with E-state index in [-0.39, 0.29) is 11.7 Å². The van der Waals surface area contributed by atoms with Crippen LogP contribution in [0.2, 0.25) is 0 Å². The molecule has 0 aliphatic carbocycles. The zero-order chi connectivity index (χ0) is 20.7. The molecule has 2 aliphatic rings. The lowest BCUT2D eigenvalue weighted by molar-refractivity contribution is 0.285. The van der Waals surface area contributed by atoms with Crippen LogP contribution < -0.4 is 5.32 Å². The molecule has 2 atom stereocenters. The summed E-state index contributed by atoms with van der Waals surface area (Å²) in [4.78, 5) is 7.10. The van der Waals surface area contributed by atoms with Gasteiger partial charge in [0, 0.05) is 30.9 Å². The number of fused-ring (bicyclic) bond motifs is 1. The van der Waals surface area contributed by atoms with E-state index in [1.165, 1.54) is 23.6 Å². The van der Waals surface area contributed by atoms with Crippen LogP contribution in [0.25, 0.3) is 16.9 Å². The van der Waals surface area contributed by atoms with Crippen LogP contribution >= 0.6 is 0 Å². The standard InChI is InChI=1S/C22H29FN6O/c1-14(2)20-17-6-3-7-18(23)21(17)29(26-20)22-25-19(30-27-22)11-15-8-10-28(12-15)13-16-5-4-9-24-16/h3,6-7,14-16,24H,4-5,8-13H2,1-2H3/t15-,16+/m0/s1. The molecule has 2 fully saturated rings. The molecule has 2 aliphatic heterocycles. The molecule has 0 amide bonds. The summed E-state index contributed by atoms with van der Waals surface area (Å²) in [5, 5.41) is 13.1. The van der Waals surface area contributed by atoms with Crippen molar-refractivity contribution in [3.8, 4) is 5.95 Å². The lowest BCUT2D eigenvalue weighted by Crippen LogP contribution is -2.36. The monoisotopic (exact) mass is 412 g/mol.